The summed E-state index contributed by atoms with van der Waals surface area (Å²) in [6, 6.07) is 10.4. The molecule has 0 aromatic heterocycles. The maximum atomic E-state index is 10.7. The number of nitrogens with one attached hydrogen (secondary N) is 1. The topological polar surface area (TPSA) is 52.6 Å². The van der Waals surface area contributed by atoms with Crippen molar-refractivity contribution in [3.05, 3.63) is 30.3 Å². The van der Waals surface area contributed by atoms with Crippen LogP contribution in [-0.2, 0) is 4.79 Å². The molecule has 1 aliphatic rings. The predicted molar refractivity (Wildman–Crippen MR) is 67.2 cm³/mol. The second-order valence-corrected chi connectivity index (χ2v) is 4.48. The van der Waals surface area contributed by atoms with Gasteiger partial charge in [-0.05, 0) is 31.5 Å². The minimum Gasteiger partial charge on any atom is -0.480 e. The first-order valence-electron chi connectivity index (χ1n) is 6.00. The Morgan fingerprint density at radius 2 is 2.18 bits per heavy atom. The zero-order valence-electron chi connectivity index (χ0n) is 9.80. The van der Waals surface area contributed by atoms with Crippen molar-refractivity contribution in [3.63, 3.8) is 0 Å². The maximum Gasteiger partial charge on any atom is 0.317 e. The summed E-state index contributed by atoms with van der Waals surface area (Å²) in [7, 11) is 0. The number of carbonyl (C=O) groups is 1. The first-order chi connectivity index (χ1) is 8.24. The van der Waals surface area contributed by atoms with Gasteiger partial charge in [-0.25, -0.2) is 0 Å². The normalized spacial score (nSPS) is 21.1. The van der Waals surface area contributed by atoms with E-state index in [9.17, 15) is 4.79 Å². The SMILES string of the molecule is O=C(O)CN1CCCC(Nc2ccccc2)C1. The number of carboxylic acids is 1. The highest BCUT2D eigenvalue weighted by Crippen LogP contribution is 2.15. The molecule has 17 heavy (non-hydrogen) atoms. The molecular formula is C13H18N2O2. The Morgan fingerprint density at radius 3 is 2.88 bits per heavy atom. The first-order valence-corrected chi connectivity index (χ1v) is 6.00. The fraction of sp³-hybridized carbons (Fsp3) is 0.462. The number of hydrogen-bond acceptors (Lipinski definition) is 3. The highest BCUT2D eigenvalue weighted by atomic mass is 16.4. The quantitative estimate of drug-likeness (QED) is 0.831. The molecule has 4 nitrogen and oxygen atoms in total. The van der Waals surface area contributed by atoms with Gasteiger partial charge in [0.2, 0.25) is 0 Å². The lowest BCUT2D eigenvalue weighted by atomic mass is 10.1. The predicted octanol–water partition coefficient (Wildman–Crippen LogP) is 1.65. The molecule has 1 atom stereocenters. The molecule has 0 aliphatic carbocycles. The number of carboxylic acid groups (broad SMARTS) is 1. The summed E-state index contributed by atoms with van der Waals surface area (Å²) in [6.07, 6.45) is 2.16. The van der Waals surface area contributed by atoms with Gasteiger partial charge in [-0.15, -0.1) is 0 Å². The smallest absolute Gasteiger partial charge is 0.317 e. The number of para-hydroxylation sites is 1. The van der Waals surface area contributed by atoms with Crippen molar-refractivity contribution in [1.29, 1.82) is 0 Å². The highest BCUT2D eigenvalue weighted by molar-refractivity contribution is 5.69. The Balaban J connectivity index is 1.87. The van der Waals surface area contributed by atoms with E-state index in [4.69, 9.17) is 5.11 Å². The van der Waals surface area contributed by atoms with Gasteiger partial charge in [-0.2, -0.15) is 0 Å². The molecule has 1 unspecified atom stereocenters. The van der Waals surface area contributed by atoms with E-state index in [1.165, 1.54) is 0 Å². The lowest BCUT2D eigenvalue weighted by Crippen LogP contribution is -2.44. The van der Waals surface area contributed by atoms with Gasteiger partial charge in [0.05, 0.1) is 6.54 Å². The number of aliphatic carboxylic acids is 1. The van der Waals surface area contributed by atoms with Crippen LogP contribution in [0.1, 0.15) is 12.8 Å². The van der Waals surface area contributed by atoms with Crippen LogP contribution in [0.2, 0.25) is 0 Å². The molecule has 0 amide bonds. The fourth-order valence-electron chi connectivity index (χ4n) is 2.28. The van der Waals surface area contributed by atoms with E-state index in [1.54, 1.807) is 0 Å². The average Bonchev–Trinajstić information content (AvgIpc) is 2.30. The molecule has 2 N–H and O–H groups in total. The first kappa shape index (κ1) is 11.9. The third-order valence-corrected chi connectivity index (χ3v) is 3.01. The molecule has 4 heteroatoms. The van der Waals surface area contributed by atoms with Crippen LogP contribution in [0.15, 0.2) is 30.3 Å². The van der Waals surface area contributed by atoms with Crippen molar-refractivity contribution < 1.29 is 9.90 Å². The lowest BCUT2D eigenvalue weighted by Gasteiger charge is -2.32. The standard InChI is InChI=1S/C13H18N2O2/c16-13(17)10-15-8-4-7-12(9-15)14-11-5-2-1-3-6-11/h1-3,5-6,12,14H,4,7-10H2,(H,16,17). The Bertz CT molecular complexity index is 367. The lowest BCUT2D eigenvalue weighted by molar-refractivity contribution is -0.138. The van der Waals surface area contributed by atoms with E-state index in [0.717, 1.165) is 31.6 Å². The number of likely N-dealkylation sites (tertiary alicyclic amines) is 1. The van der Waals surface area contributed by atoms with Crippen LogP contribution in [0.3, 0.4) is 0 Å². The average molecular weight is 234 g/mol. The van der Waals surface area contributed by atoms with E-state index in [0.29, 0.717) is 6.04 Å². The zero-order chi connectivity index (χ0) is 12.1. The van der Waals surface area contributed by atoms with Crippen LogP contribution in [0.4, 0.5) is 5.69 Å². The van der Waals surface area contributed by atoms with Gasteiger partial charge in [-0.1, -0.05) is 18.2 Å². The minimum absolute atomic E-state index is 0.146. The minimum atomic E-state index is -0.745. The van der Waals surface area contributed by atoms with Crippen LogP contribution in [0, 0.1) is 0 Å². The number of nitrogens with zero attached hydrogens (tertiary/aromatic N) is 1. The highest BCUT2D eigenvalue weighted by Gasteiger charge is 2.20. The molecule has 1 fully saturated rings. The van der Waals surface area contributed by atoms with Gasteiger partial charge in [-0.3, -0.25) is 9.69 Å². The van der Waals surface area contributed by atoms with Crippen molar-refractivity contribution in [2.45, 2.75) is 18.9 Å². The van der Waals surface area contributed by atoms with Crippen LogP contribution >= 0.6 is 0 Å². The van der Waals surface area contributed by atoms with Crippen molar-refractivity contribution in [3.8, 4) is 0 Å². The fourth-order valence-corrected chi connectivity index (χ4v) is 2.28. The number of piperidine rings is 1. The Kier molecular flexibility index (Phi) is 3.98. The molecule has 0 radical (unpaired) electrons. The van der Waals surface area contributed by atoms with Crippen molar-refractivity contribution >= 4 is 11.7 Å². The van der Waals surface area contributed by atoms with Gasteiger partial charge < -0.3 is 10.4 Å². The molecular weight excluding hydrogens is 216 g/mol. The molecule has 0 saturated carbocycles. The van der Waals surface area contributed by atoms with Gasteiger partial charge in [0.15, 0.2) is 0 Å². The second kappa shape index (κ2) is 5.68. The van der Waals surface area contributed by atoms with Gasteiger partial charge in [0.1, 0.15) is 0 Å². The van der Waals surface area contributed by atoms with Gasteiger partial charge in [0.25, 0.3) is 0 Å². The van der Waals surface area contributed by atoms with E-state index < -0.39 is 5.97 Å². The molecule has 92 valence electrons. The summed E-state index contributed by atoms with van der Waals surface area (Å²) in [6.45, 7) is 1.84. The maximum absolute atomic E-state index is 10.7. The molecule has 1 heterocycles. The summed E-state index contributed by atoms with van der Waals surface area (Å²) < 4.78 is 0. The van der Waals surface area contributed by atoms with Gasteiger partial charge in [0, 0.05) is 18.3 Å². The molecule has 1 aromatic rings. The molecule has 0 bridgehead atoms. The largest absolute Gasteiger partial charge is 0.480 e. The van der Waals surface area contributed by atoms with Crippen molar-refractivity contribution in [2.24, 2.45) is 0 Å². The Hall–Kier alpha value is -1.55. The molecule has 2 rings (SSSR count). The molecule has 1 saturated heterocycles. The van der Waals surface area contributed by atoms with Crippen molar-refractivity contribution in [1.82, 2.24) is 4.90 Å². The number of rotatable bonds is 4. The number of anilines is 1. The summed E-state index contributed by atoms with van der Waals surface area (Å²) in [5.74, 6) is -0.745. The van der Waals surface area contributed by atoms with E-state index in [-0.39, 0.29) is 6.54 Å². The zero-order valence-corrected chi connectivity index (χ0v) is 9.80. The molecule has 1 aliphatic heterocycles. The van der Waals surface area contributed by atoms with Crippen LogP contribution in [0.25, 0.3) is 0 Å². The second-order valence-electron chi connectivity index (χ2n) is 4.48. The van der Waals surface area contributed by atoms with Crippen molar-refractivity contribution in [2.75, 3.05) is 25.0 Å². The molecule has 0 spiro atoms. The van der Waals surface area contributed by atoms with Crippen LogP contribution < -0.4 is 5.32 Å². The van der Waals surface area contributed by atoms with E-state index >= 15 is 0 Å². The number of hydrogen-bond donors (Lipinski definition) is 2. The summed E-state index contributed by atoms with van der Waals surface area (Å²) in [5.41, 5.74) is 1.11. The third kappa shape index (κ3) is 3.75. The molecule has 1 aromatic carbocycles. The van der Waals surface area contributed by atoms with E-state index in [2.05, 4.69) is 5.32 Å². The summed E-state index contributed by atoms with van der Waals surface area (Å²) in [5, 5.41) is 12.2. The van der Waals surface area contributed by atoms with Gasteiger partial charge >= 0.3 is 5.97 Å². The monoisotopic (exact) mass is 234 g/mol. The van der Waals surface area contributed by atoms with E-state index in [1.807, 2.05) is 35.2 Å². The van der Waals surface area contributed by atoms with Crippen LogP contribution in [0.5, 0.6) is 0 Å². The number of benzene rings is 1. The Labute approximate surface area is 101 Å². The Morgan fingerprint density at radius 1 is 1.41 bits per heavy atom. The van der Waals surface area contributed by atoms with Crippen LogP contribution in [-0.4, -0.2) is 41.7 Å². The third-order valence-electron chi connectivity index (χ3n) is 3.01. The summed E-state index contributed by atoms with van der Waals surface area (Å²) in [4.78, 5) is 12.7. The summed E-state index contributed by atoms with van der Waals surface area (Å²) >= 11 is 0.